The van der Waals surface area contributed by atoms with Gasteiger partial charge >= 0.3 is 0 Å². The van der Waals surface area contributed by atoms with Crippen molar-refractivity contribution in [3.63, 3.8) is 0 Å². The van der Waals surface area contributed by atoms with Crippen LogP contribution in [0.15, 0.2) is 12.7 Å². The van der Waals surface area contributed by atoms with Gasteiger partial charge in [0.05, 0.1) is 11.9 Å². The summed E-state index contributed by atoms with van der Waals surface area (Å²) in [5.41, 5.74) is 8.26. The molecule has 1 fully saturated rings. The smallest absolute Gasteiger partial charge is 0.189 e. The summed E-state index contributed by atoms with van der Waals surface area (Å²) in [6, 6.07) is 0. The first-order valence-electron chi connectivity index (χ1n) is 6.10. The number of hydrogen-bond donors (Lipinski definition) is 2. The minimum Gasteiger partial charge on any atom is -0.340 e. The summed E-state index contributed by atoms with van der Waals surface area (Å²) in [4.78, 5) is 11.4. The van der Waals surface area contributed by atoms with Gasteiger partial charge in [-0.15, -0.1) is 10.2 Å². The molecule has 0 unspecified atom stereocenters. The second-order valence-corrected chi connectivity index (χ2v) is 4.93. The van der Waals surface area contributed by atoms with E-state index in [1.807, 2.05) is 4.40 Å². The first-order valence-corrected chi connectivity index (χ1v) is 6.10. The normalized spacial score (nSPS) is 18.9. The molecular weight excluding hydrogens is 230 g/mol. The largest absolute Gasteiger partial charge is 0.340 e. The Morgan fingerprint density at radius 3 is 2.89 bits per heavy atom. The number of nitrogens with one attached hydrogen (secondary N) is 1. The molecular formula is C11H13N7. The van der Waals surface area contributed by atoms with E-state index in [1.54, 1.807) is 12.7 Å². The molecule has 0 amide bonds. The van der Waals surface area contributed by atoms with Crippen molar-refractivity contribution in [3.8, 4) is 0 Å². The molecule has 1 aliphatic carbocycles. The Balaban J connectivity index is 2.02. The number of nitrogens with two attached hydrogens (primary N) is 1. The zero-order valence-electron chi connectivity index (χ0n) is 9.80. The fourth-order valence-electron chi connectivity index (χ4n) is 2.80. The molecule has 3 N–H and O–H groups in total. The Labute approximate surface area is 102 Å². The minimum absolute atomic E-state index is 0.366. The topological polar surface area (TPSA) is 97.8 Å². The summed E-state index contributed by atoms with van der Waals surface area (Å²) >= 11 is 0. The minimum atomic E-state index is -0.366. The van der Waals surface area contributed by atoms with Crippen molar-refractivity contribution in [2.24, 2.45) is 5.73 Å². The second-order valence-electron chi connectivity index (χ2n) is 4.93. The van der Waals surface area contributed by atoms with Gasteiger partial charge in [0.25, 0.3) is 0 Å². The van der Waals surface area contributed by atoms with Gasteiger partial charge in [-0.1, -0.05) is 12.8 Å². The van der Waals surface area contributed by atoms with Crippen LogP contribution in [-0.2, 0) is 5.54 Å². The van der Waals surface area contributed by atoms with Crippen molar-refractivity contribution >= 4 is 16.8 Å². The van der Waals surface area contributed by atoms with E-state index in [0.717, 1.165) is 42.7 Å². The van der Waals surface area contributed by atoms with Crippen LogP contribution in [-0.4, -0.2) is 29.5 Å². The molecule has 0 spiro atoms. The highest BCUT2D eigenvalue weighted by Gasteiger charge is 2.36. The summed E-state index contributed by atoms with van der Waals surface area (Å²) in [5.74, 6) is 0.805. The van der Waals surface area contributed by atoms with Crippen LogP contribution in [0.2, 0.25) is 0 Å². The average molecular weight is 243 g/mol. The highest BCUT2D eigenvalue weighted by atomic mass is 15.3. The lowest BCUT2D eigenvalue weighted by atomic mass is 9.98. The molecule has 0 bridgehead atoms. The Morgan fingerprint density at radius 2 is 2.06 bits per heavy atom. The number of aromatic amines is 1. The number of hydrogen-bond acceptors (Lipinski definition) is 5. The summed E-state index contributed by atoms with van der Waals surface area (Å²) in [7, 11) is 0. The van der Waals surface area contributed by atoms with E-state index < -0.39 is 0 Å². The van der Waals surface area contributed by atoms with E-state index in [-0.39, 0.29) is 5.54 Å². The van der Waals surface area contributed by atoms with E-state index >= 15 is 0 Å². The second kappa shape index (κ2) is 3.26. The summed E-state index contributed by atoms with van der Waals surface area (Å²) in [6.07, 6.45) is 7.51. The molecule has 1 aliphatic rings. The van der Waals surface area contributed by atoms with E-state index in [9.17, 15) is 0 Å². The molecule has 4 rings (SSSR count). The lowest BCUT2D eigenvalue weighted by Crippen LogP contribution is -2.35. The lowest BCUT2D eigenvalue weighted by Gasteiger charge is -2.20. The number of H-pyrrole nitrogens is 1. The SMILES string of the molecule is NC1(c2nnc3c4[nH]cnc4ncn23)CCCC1. The molecule has 0 radical (unpaired) electrons. The third-order valence-corrected chi connectivity index (χ3v) is 3.78. The molecule has 1 saturated carbocycles. The van der Waals surface area contributed by atoms with Gasteiger partial charge in [0, 0.05) is 0 Å². The molecule has 0 aliphatic heterocycles. The highest BCUT2D eigenvalue weighted by molar-refractivity contribution is 5.84. The van der Waals surface area contributed by atoms with Crippen LogP contribution >= 0.6 is 0 Å². The Hall–Kier alpha value is -2.02. The van der Waals surface area contributed by atoms with Crippen LogP contribution in [0.1, 0.15) is 31.5 Å². The van der Waals surface area contributed by atoms with Crippen molar-refractivity contribution in [1.82, 2.24) is 29.5 Å². The van der Waals surface area contributed by atoms with E-state index in [2.05, 4.69) is 25.1 Å². The zero-order valence-corrected chi connectivity index (χ0v) is 9.80. The van der Waals surface area contributed by atoms with Gasteiger partial charge in [0.2, 0.25) is 0 Å². The number of imidazole rings is 1. The van der Waals surface area contributed by atoms with Gasteiger partial charge in [0.1, 0.15) is 11.8 Å². The third kappa shape index (κ3) is 1.16. The quantitative estimate of drug-likeness (QED) is 0.656. The molecule has 3 aromatic heterocycles. The highest BCUT2D eigenvalue weighted by Crippen LogP contribution is 2.35. The Kier molecular flexibility index (Phi) is 1.80. The maximum atomic E-state index is 6.43. The van der Waals surface area contributed by atoms with Gasteiger partial charge in [-0.05, 0) is 12.8 Å². The van der Waals surface area contributed by atoms with Crippen LogP contribution in [0.3, 0.4) is 0 Å². The van der Waals surface area contributed by atoms with Crippen molar-refractivity contribution < 1.29 is 0 Å². The molecule has 7 heteroatoms. The van der Waals surface area contributed by atoms with Gasteiger partial charge in [0.15, 0.2) is 17.1 Å². The molecule has 3 aromatic rings. The predicted octanol–water partition coefficient (Wildman–Crippen LogP) is 0.729. The Morgan fingerprint density at radius 1 is 1.22 bits per heavy atom. The van der Waals surface area contributed by atoms with Crippen molar-refractivity contribution in [2.45, 2.75) is 31.2 Å². The van der Waals surface area contributed by atoms with Crippen molar-refractivity contribution in [2.75, 3.05) is 0 Å². The van der Waals surface area contributed by atoms with Gasteiger partial charge < -0.3 is 10.7 Å². The fourth-order valence-corrected chi connectivity index (χ4v) is 2.80. The van der Waals surface area contributed by atoms with Crippen molar-refractivity contribution in [3.05, 3.63) is 18.5 Å². The van der Waals surface area contributed by atoms with E-state index in [1.165, 1.54) is 0 Å². The maximum absolute atomic E-state index is 6.43. The lowest BCUT2D eigenvalue weighted by molar-refractivity contribution is 0.426. The van der Waals surface area contributed by atoms with E-state index in [4.69, 9.17) is 5.73 Å². The van der Waals surface area contributed by atoms with Crippen LogP contribution in [0, 0.1) is 0 Å². The van der Waals surface area contributed by atoms with E-state index in [0.29, 0.717) is 5.65 Å². The number of rotatable bonds is 1. The number of fused-ring (bicyclic) bond motifs is 3. The van der Waals surface area contributed by atoms with Gasteiger partial charge in [-0.3, -0.25) is 4.40 Å². The van der Waals surface area contributed by atoms with Crippen LogP contribution in [0.25, 0.3) is 16.8 Å². The first kappa shape index (κ1) is 9.95. The summed E-state index contributed by atoms with van der Waals surface area (Å²) in [6.45, 7) is 0. The molecule has 3 heterocycles. The van der Waals surface area contributed by atoms with Gasteiger partial charge in [-0.25, -0.2) is 9.97 Å². The Bertz CT molecular complexity index is 719. The van der Waals surface area contributed by atoms with Crippen LogP contribution < -0.4 is 5.73 Å². The fraction of sp³-hybridized carbons (Fsp3) is 0.455. The molecule has 18 heavy (non-hydrogen) atoms. The van der Waals surface area contributed by atoms with Crippen LogP contribution in [0.5, 0.6) is 0 Å². The number of nitrogens with zero attached hydrogens (tertiary/aromatic N) is 5. The predicted molar refractivity (Wildman–Crippen MR) is 64.8 cm³/mol. The molecule has 0 atom stereocenters. The molecule has 0 saturated heterocycles. The monoisotopic (exact) mass is 243 g/mol. The number of aromatic nitrogens is 6. The maximum Gasteiger partial charge on any atom is 0.189 e. The zero-order chi connectivity index (χ0) is 12.2. The first-order chi connectivity index (χ1) is 8.78. The summed E-state index contributed by atoms with van der Waals surface area (Å²) < 4.78 is 1.88. The summed E-state index contributed by atoms with van der Waals surface area (Å²) in [5, 5.41) is 8.51. The average Bonchev–Trinajstić information content (AvgIpc) is 3.05. The molecule has 92 valence electrons. The standard InChI is InChI=1S/C11H13N7/c12-11(3-1-2-4-11)10-17-16-9-7-8(14-5-13-7)15-6-18(9)10/h5-6H,1-4,12H2,(H,13,14). The molecule has 7 nitrogen and oxygen atoms in total. The van der Waals surface area contributed by atoms with Gasteiger partial charge in [-0.2, -0.15) is 0 Å². The van der Waals surface area contributed by atoms with Crippen LogP contribution in [0.4, 0.5) is 0 Å². The third-order valence-electron chi connectivity index (χ3n) is 3.78. The van der Waals surface area contributed by atoms with Crippen molar-refractivity contribution in [1.29, 1.82) is 0 Å². The molecule has 0 aromatic carbocycles.